The molecule has 1 aliphatic heterocycles. The number of benzene rings is 2. The Hall–Kier alpha value is -2.37. The van der Waals surface area contributed by atoms with E-state index in [4.69, 9.17) is 4.74 Å². The van der Waals surface area contributed by atoms with Gasteiger partial charge in [0.15, 0.2) is 0 Å². The third kappa shape index (κ3) is 5.02. The van der Waals surface area contributed by atoms with Crippen molar-refractivity contribution in [3.63, 3.8) is 0 Å². The van der Waals surface area contributed by atoms with Crippen molar-refractivity contribution < 1.29 is 9.53 Å². The number of thiophene rings is 1. The van der Waals surface area contributed by atoms with Crippen LogP contribution in [0.25, 0.3) is 10.1 Å². The van der Waals surface area contributed by atoms with Crippen LogP contribution in [0, 0.1) is 0 Å². The van der Waals surface area contributed by atoms with E-state index in [-0.39, 0.29) is 12.1 Å². The van der Waals surface area contributed by atoms with E-state index in [2.05, 4.69) is 64.9 Å². The lowest BCUT2D eigenvalue weighted by Gasteiger charge is -2.42. The van der Waals surface area contributed by atoms with E-state index >= 15 is 0 Å². The monoisotopic (exact) mass is 422 g/mol. The van der Waals surface area contributed by atoms with Gasteiger partial charge in [-0.2, -0.15) is 0 Å². The topological polar surface area (TPSA) is 32.8 Å². The first-order chi connectivity index (χ1) is 14.4. The molecule has 1 fully saturated rings. The molecule has 5 heteroatoms. The number of hydrogen-bond donors (Lipinski definition) is 0. The molecule has 1 atom stereocenters. The summed E-state index contributed by atoms with van der Waals surface area (Å²) in [4.78, 5) is 17.4. The van der Waals surface area contributed by atoms with Crippen molar-refractivity contribution in [2.45, 2.75) is 45.4 Å². The second-order valence-corrected chi connectivity index (χ2v) is 9.92. The molecule has 0 radical (unpaired) electrons. The molecule has 1 aliphatic rings. The van der Waals surface area contributed by atoms with Gasteiger partial charge in [-0.15, -0.1) is 11.3 Å². The molecule has 0 spiro atoms. The fourth-order valence-electron chi connectivity index (χ4n) is 4.09. The highest BCUT2D eigenvalue weighted by Crippen LogP contribution is 2.29. The highest BCUT2D eigenvalue weighted by molar-refractivity contribution is 7.17. The number of nitrogens with zero attached hydrogens (tertiary/aromatic N) is 2. The standard InChI is InChI=1S/C25H30N2O2S/c1-25(2,3)29-24(28)27-14-13-26(16-19-9-5-4-6-10-19)17-21(27)15-20-18-30-23-12-8-7-11-22(20)23/h4-12,18,21H,13-17H2,1-3H3. The normalized spacial score (nSPS) is 18.0. The molecule has 2 aromatic carbocycles. The third-order valence-corrected chi connectivity index (χ3v) is 6.47. The third-order valence-electron chi connectivity index (χ3n) is 5.46. The fraction of sp³-hybridized carbons (Fsp3) is 0.400. The average Bonchev–Trinajstić information content (AvgIpc) is 3.11. The van der Waals surface area contributed by atoms with Crippen LogP contribution >= 0.6 is 11.3 Å². The van der Waals surface area contributed by atoms with Gasteiger partial charge in [-0.1, -0.05) is 48.5 Å². The van der Waals surface area contributed by atoms with Crippen molar-refractivity contribution >= 4 is 27.5 Å². The predicted molar refractivity (Wildman–Crippen MR) is 124 cm³/mol. The quantitative estimate of drug-likeness (QED) is 0.551. The van der Waals surface area contributed by atoms with Gasteiger partial charge in [0.05, 0.1) is 6.04 Å². The number of amides is 1. The van der Waals surface area contributed by atoms with Gasteiger partial charge < -0.3 is 9.64 Å². The molecule has 0 bridgehead atoms. The maximum Gasteiger partial charge on any atom is 0.410 e. The Kier molecular flexibility index (Phi) is 6.11. The van der Waals surface area contributed by atoms with E-state index in [1.165, 1.54) is 21.2 Å². The number of ether oxygens (including phenoxy) is 1. The average molecular weight is 423 g/mol. The van der Waals surface area contributed by atoms with Crippen LogP contribution in [-0.4, -0.2) is 47.2 Å². The van der Waals surface area contributed by atoms with Crippen molar-refractivity contribution in [3.05, 3.63) is 71.1 Å². The van der Waals surface area contributed by atoms with Crippen LogP contribution in [0.3, 0.4) is 0 Å². The molecule has 1 amide bonds. The Morgan fingerprint density at radius 2 is 1.80 bits per heavy atom. The van der Waals surface area contributed by atoms with Crippen LogP contribution in [0.1, 0.15) is 31.9 Å². The number of carbonyl (C=O) groups excluding carboxylic acids is 1. The molecule has 3 aromatic rings. The Balaban J connectivity index is 1.55. The minimum absolute atomic E-state index is 0.0929. The summed E-state index contributed by atoms with van der Waals surface area (Å²) in [6, 6.07) is 19.2. The number of carbonyl (C=O) groups is 1. The van der Waals surface area contributed by atoms with Crippen molar-refractivity contribution in [1.82, 2.24) is 9.80 Å². The van der Waals surface area contributed by atoms with Gasteiger partial charge in [-0.3, -0.25) is 4.90 Å². The summed E-state index contributed by atoms with van der Waals surface area (Å²) in [5, 5.41) is 3.54. The van der Waals surface area contributed by atoms with Crippen LogP contribution in [0.5, 0.6) is 0 Å². The first-order valence-electron chi connectivity index (χ1n) is 10.6. The number of piperazine rings is 1. The highest BCUT2D eigenvalue weighted by Gasteiger charge is 2.33. The maximum atomic E-state index is 13.0. The van der Waals surface area contributed by atoms with Crippen LogP contribution in [0.2, 0.25) is 0 Å². The van der Waals surface area contributed by atoms with Crippen LogP contribution in [0.15, 0.2) is 60.0 Å². The van der Waals surface area contributed by atoms with Crippen molar-refractivity contribution in [1.29, 1.82) is 0 Å². The van der Waals surface area contributed by atoms with Crippen molar-refractivity contribution in [2.75, 3.05) is 19.6 Å². The Morgan fingerprint density at radius 1 is 1.07 bits per heavy atom. The zero-order chi connectivity index (χ0) is 21.1. The van der Waals surface area contributed by atoms with E-state index in [9.17, 15) is 4.79 Å². The van der Waals surface area contributed by atoms with Crippen LogP contribution in [-0.2, 0) is 17.7 Å². The van der Waals surface area contributed by atoms with Crippen molar-refractivity contribution in [3.8, 4) is 0 Å². The Labute approximate surface area is 183 Å². The summed E-state index contributed by atoms with van der Waals surface area (Å²) >= 11 is 1.78. The van der Waals surface area contributed by atoms with Gasteiger partial charge in [0.2, 0.25) is 0 Å². The van der Waals surface area contributed by atoms with Gasteiger partial charge in [0.1, 0.15) is 5.60 Å². The van der Waals surface area contributed by atoms with Gasteiger partial charge in [0, 0.05) is 30.9 Å². The first-order valence-corrected chi connectivity index (χ1v) is 11.5. The van der Waals surface area contributed by atoms with E-state index < -0.39 is 5.60 Å². The molecule has 1 unspecified atom stereocenters. The zero-order valence-corrected chi connectivity index (χ0v) is 18.8. The lowest BCUT2D eigenvalue weighted by molar-refractivity contribution is -0.00227. The lowest BCUT2D eigenvalue weighted by atomic mass is 10.0. The summed E-state index contributed by atoms with van der Waals surface area (Å²) in [6.07, 6.45) is 0.639. The summed E-state index contributed by atoms with van der Waals surface area (Å²) in [7, 11) is 0. The van der Waals surface area contributed by atoms with Crippen LogP contribution in [0.4, 0.5) is 4.79 Å². The molecule has 30 heavy (non-hydrogen) atoms. The highest BCUT2D eigenvalue weighted by atomic mass is 32.1. The van der Waals surface area contributed by atoms with Gasteiger partial charge in [-0.05, 0) is 55.2 Å². The first kappa shape index (κ1) is 20.9. The molecular weight excluding hydrogens is 392 g/mol. The number of hydrogen-bond acceptors (Lipinski definition) is 4. The summed E-state index contributed by atoms with van der Waals surface area (Å²) < 4.78 is 7.04. The molecule has 0 aliphatic carbocycles. The summed E-state index contributed by atoms with van der Waals surface area (Å²) in [5.41, 5.74) is 2.14. The molecule has 1 saturated heterocycles. The van der Waals surface area contributed by atoms with Crippen LogP contribution < -0.4 is 0 Å². The minimum Gasteiger partial charge on any atom is -0.444 e. The fourth-order valence-corrected chi connectivity index (χ4v) is 5.06. The Morgan fingerprint density at radius 3 is 2.57 bits per heavy atom. The smallest absolute Gasteiger partial charge is 0.410 e. The molecular formula is C25H30N2O2S. The summed E-state index contributed by atoms with van der Waals surface area (Å²) in [6.45, 7) is 9.08. The molecule has 2 heterocycles. The molecule has 158 valence electrons. The predicted octanol–water partition coefficient (Wildman–Crippen LogP) is 5.57. The van der Waals surface area contributed by atoms with Gasteiger partial charge >= 0.3 is 6.09 Å². The van der Waals surface area contributed by atoms with E-state index in [0.29, 0.717) is 6.54 Å². The Bertz CT molecular complexity index is 993. The summed E-state index contributed by atoms with van der Waals surface area (Å²) in [5.74, 6) is 0. The van der Waals surface area contributed by atoms with Gasteiger partial charge in [0.25, 0.3) is 0 Å². The second-order valence-electron chi connectivity index (χ2n) is 9.01. The molecule has 4 rings (SSSR count). The molecule has 0 N–H and O–H groups in total. The minimum atomic E-state index is -0.488. The molecule has 4 nitrogen and oxygen atoms in total. The number of rotatable bonds is 4. The molecule has 1 aromatic heterocycles. The van der Waals surface area contributed by atoms with E-state index in [1.807, 2.05) is 25.7 Å². The van der Waals surface area contributed by atoms with Crippen molar-refractivity contribution in [2.24, 2.45) is 0 Å². The maximum absolute atomic E-state index is 13.0. The second kappa shape index (κ2) is 8.78. The lowest BCUT2D eigenvalue weighted by Crippen LogP contribution is -2.56. The van der Waals surface area contributed by atoms with Gasteiger partial charge in [-0.25, -0.2) is 4.79 Å². The van der Waals surface area contributed by atoms with E-state index in [0.717, 1.165) is 26.1 Å². The largest absolute Gasteiger partial charge is 0.444 e. The zero-order valence-electron chi connectivity index (χ0n) is 18.0. The SMILES string of the molecule is CC(C)(C)OC(=O)N1CCN(Cc2ccccc2)CC1Cc1csc2ccccc12. The number of fused-ring (bicyclic) bond motifs is 1. The van der Waals surface area contributed by atoms with E-state index in [1.54, 1.807) is 11.3 Å². The molecule has 0 saturated carbocycles.